The summed E-state index contributed by atoms with van der Waals surface area (Å²) < 4.78 is 5.61. The van der Waals surface area contributed by atoms with Crippen molar-refractivity contribution in [2.45, 2.75) is 27.4 Å². The second-order valence-electron chi connectivity index (χ2n) is 4.04. The predicted octanol–water partition coefficient (Wildman–Crippen LogP) is 3.35. The zero-order chi connectivity index (χ0) is 12.4. The van der Waals surface area contributed by atoms with E-state index < -0.39 is 0 Å². The van der Waals surface area contributed by atoms with E-state index in [1.54, 1.807) is 23.5 Å². The van der Waals surface area contributed by atoms with Gasteiger partial charge >= 0.3 is 0 Å². The highest BCUT2D eigenvalue weighted by molar-refractivity contribution is 7.11. The molecular weight excluding hydrogens is 234 g/mol. The monoisotopic (exact) mass is 249 g/mol. The molecule has 0 aliphatic carbocycles. The van der Waals surface area contributed by atoms with Gasteiger partial charge in [-0.15, -0.1) is 11.3 Å². The number of thiazole rings is 1. The maximum atomic E-state index is 9.45. The van der Waals surface area contributed by atoms with Crippen molar-refractivity contribution in [2.24, 2.45) is 0 Å². The van der Waals surface area contributed by atoms with Gasteiger partial charge in [-0.05, 0) is 38.5 Å². The van der Waals surface area contributed by atoms with Crippen LogP contribution in [0.25, 0.3) is 0 Å². The van der Waals surface area contributed by atoms with Crippen molar-refractivity contribution in [3.05, 3.63) is 39.3 Å². The third-order valence-corrected chi connectivity index (χ3v) is 3.52. The Bertz CT molecular complexity index is 494. The number of ether oxygens (including phenoxy) is 1. The lowest BCUT2D eigenvalue weighted by Crippen LogP contribution is -1.95. The van der Waals surface area contributed by atoms with Gasteiger partial charge in [0.15, 0.2) is 0 Å². The second-order valence-corrected chi connectivity index (χ2v) is 5.33. The highest BCUT2D eigenvalue weighted by Crippen LogP contribution is 2.23. The first-order valence-corrected chi connectivity index (χ1v) is 6.22. The fourth-order valence-corrected chi connectivity index (χ4v) is 2.40. The van der Waals surface area contributed by atoms with E-state index in [-0.39, 0.29) is 5.75 Å². The normalized spacial score (nSPS) is 10.5. The van der Waals surface area contributed by atoms with Crippen molar-refractivity contribution in [3.63, 3.8) is 0 Å². The van der Waals surface area contributed by atoms with Gasteiger partial charge in [0.2, 0.25) is 0 Å². The molecule has 0 aliphatic rings. The number of hydrogen-bond donors (Lipinski definition) is 1. The van der Waals surface area contributed by atoms with Crippen LogP contribution in [-0.2, 0) is 6.61 Å². The number of aromatic hydroxyl groups is 1. The lowest BCUT2D eigenvalue weighted by atomic mass is 10.2. The molecule has 3 nitrogen and oxygen atoms in total. The van der Waals surface area contributed by atoms with Crippen LogP contribution in [0.3, 0.4) is 0 Å². The molecule has 4 heteroatoms. The van der Waals surface area contributed by atoms with Gasteiger partial charge in [0.1, 0.15) is 23.1 Å². The van der Waals surface area contributed by atoms with Crippen molar-refractivity contribution in [1.82, 2.24) is 4.98 Å². The Morgan fingerprint density at radius 2 is 2.00 bits per heavy atom. The average molecular weight is 249 g/mol. The van der Waals surface area contributed by atoms with Crippen molar-refractivity contribution < 1.29 is 9.84 Å². The molecule has 1 aromatic heterocycles. The Morgan fingerprint density at radius 1 is 1.24 bits per heavy atom. The molecule has 0 saturated heterocycles. The summed E-state index contributed by atoms with van der Waals surface area (Å²) in [6, 6.07) is 5.21. The highest BCUT2D eigenvalue weighted by atomic mass is 32.1. The molecule has 0 saturated carbocycles. The van der Waals surface area contributed by atoms with E-state index in [0.717, 1.165) is 16.3 Å². The average Bonchev–Trinajstić information content (AvgIpc) is 2.54. The Morgan fingerprint density at radius 3 is 2.59 bits per heavy atom. The van der Waals surface area contributed by atoms with Crippen molar-refractivity contribution >= 4 is 11.3 Å². The summed E-state index contributed by atoms with van der Waals surface area (Å²) in [7, 11) is 0. The van der Waals surface area contributed by atoms with Gasteiger partial charge in [0.25, 0.3) is 0 Å². The number of benzene rings is 1. The fraction of sp³-hybridized carbons (Fsp3) is 0.308. The number of aromatic nitrogens is 1. The topological polar surface area (TPSA) is 42.4 Å². The molecule has 0 unspecified atom stereocenters. The number of rotatable bonds is 3. The molecule has 0 spiro atoms. The first-order valence-electron chi connectivity index (χ1n) is 5.41. The van der Waals surface area contributed by atoms with Gasteiger partial charge in [-0.2, -0.15) is 0 Å². The minimum atomic E-state index is 0.228. The molecule has 17 heavy (non-hydrogen) atoms. The first kappa shape index (κ1) is 11.9. The van der Waals surface area contributed by atoms with Crippen LogP contribution in [0.1, 0.15) is 21.1 Å². The summed E-state index contributed by atoms with van der Waals surface area (Å²) in [5, 5.41) is 10.4. The molecule has 0 radical (unpaired) electrons. The third-order valence-electron chi connectivity index (χ3n) is 2.47. The fourth-order valence-electron chi connectivity index (χ4n) is 1.56. The lowest BCUT2D eigenvalue weighted by Gasteiger charge is -2.05. The maximum Gasteiger partial charge on any atom is 0.140 e. The van der Waals surface area contributed by atoms with Crippen LogP contribution in [0.4, 0.5) is 0 Å². The third kappa shape index (κ3) is 2.97. The summed E-state index contributed by atoms with van der Waals surface area (Å²) in [6.45, 7) is 6.41. The number of phenols is 1. The molecule has 1 heterocycles. The molecule has 1 aromatic carbocycles. The summed E-state index contributed by atoms with van der Waals surface area (Å²) in [5.74, 6) is 0.902. The molecular formula is C13H15NO2S. The Hall–Kier alpha value is -1.55. The largest absolute Gasteiger partial charge is 0.508 e. The van der Waals surface area contributed by atoms with Crippen LogP contribution in [-0.4, -0.2) is 10.1 Å². The van der Waals surface area contributed by atoms with Crippen LogP contribution in [0.5, 0.6) is 11.5 Å². The van der Waals surface area contributed by atoms with E-state index in [1.165, 1.54) is 4.88 Å². The molecule has 90 valence electrons. The van der Waals surface area contributed by atoms with E-state index in [0.29, 0.717) is 12.4 Å². The second kappa shape index (κ2) is 4.75. The standard InChI is InChI=1S/C13H15NO2S/c1-8-4-11(15)6-12(5-8)16-7-13-14-9(2)10(3)17-13/h4-6,15H,7H2,1-3H3. The quantitative estimate of drug-likeness (QED) is 0.907. The molecule has 0 amide bonds. The van der Waals surface area contributed by atoms with E-state index in [9.17, 15) is 5.11 Å². The summed E-state index contributed by atoms with van der Waals surface area (Å²) in [5.41, 5.74) is 2.03. The number of phenolic OH excluding ortho intramolecular Hbond substituents is 1. The van der Waals surface area contributed by atoms with Gasteiger partial charge in [0.05, 0.1) is 5.69 Å². The van der Waals surface area contributed by atoms with Gasteiger partial charge in [-0.25, -0.2) is 4.98 Å². The summed E-state index contributed by atoms with van der Waals surface area (Å²) >= 11 is 1.64. The van der Waals surface area contributed by atoms with Gasteiger partial charge in [-0.1, -0.05) is 0 Å². The van der Waals surface area contributed by atoms with Crippen molar-refractivity contribution in [1.29, 1.82) is 0 Å². The molecule has 0 bridgehead atoms. The van der Waals surface area contributed by atoms with E-state index in [2.05, 4.69) is 11.9 Å². The molecule has 0 aliphatic heterocycles. The van der Waals surface area contributed by atoms with Crippen LogP contribution in [0.2, 0.25) is 0 Å². The van der Waals surface area contributed by atoms with Crippen LogP contribution in [0.15, 0.2) is 18.2 Å². The number of hydrogen-bond acceptors (Lipinski definition) is 4. The van der Waals surface area contributed by atoms with Crippen molar-refractivity contribution in [3.8, 4) is 11.5 Å². The molecule has 2 aromatic rings. The van der Waals surface area contributed by atoms with Gasteiger partial charge in [-0.3, -0.25) is 0 Å². The molecule has 2 rings (SSSR count). The zero-order valence-corrected chi connectivity index (χ0v) is 11.0. The SMILES string of the molecule is Cc1cc(O)cc(OCc2nc(C)c(C)s2)c1. The van der Waals surface area contributed by atoms with E-state index in [4.69, 9.17) is 4.74 Å². The summed E-state index contributed by atoms with van der Waals surface area (Å²) in [6.07, 6.45) is 0. The van der Waals surface area contributed by atoms with Crippen LogP contribution >= 0.6 is 11.3 Å². The highest BCUT2D eigenvalue weighted by Gasteiger charge is 2.05. The number of nitrogens with zero attached hydrogens (tertiary/aromatic N) is 1. The van der Waals surface area contributed by atoms with E-state index in [1.807, 2.05) is 19.9 Å². The van der Waals surface area contributed by atoms with Crippen LogP contribution < -0.4 is 4.74 Å². The number of aryl methyl sites for hydroxylation is 3. The molecule has 1 N–H and O–H groups in total. The first-order chi connectivity index (χ1) is 8.04. The van der Waals surface area contributed by atoms with Gasteiger partial charge < -0.3 is 9.84 Å². The smallest absolute Gasteiger partial charge is 0.140 e. The minimum absolute atomic E-state index is 0.228. The van der Waals surface area contributed by atoms with E-state index >= 15 is 0 Å². The Labute approximate surface area is 105 Å². The molecule has 0 atom stereocenters. The Kier molecular flexibility index (Phi) is 3.33. The van der Waals surface area contributed by atoms with Crippen molar-refractivity contribution in [2.75, 3.05) is 0 Å². The summed E-state index contributed by atoms with van der Waals surface area (Å²) in [4.78, 5) is 5.62. The predicted molar refractivity (Wildman–Crippen MR) is 68.8 cm³/mol. The van der Waals surface area contributed by atoms with Gasteiger partial charge in [0, 0.05) is 10.9 Å². The zero-order valence-electron chi connectivity index (χ0n) is 10.2. The van der Waals surface area contributed by atoms with Crippen LogP contribution in [0, 0.1) is 20.8 Å². The molecule has 0 fully saturated rings. The minimum Gasteiger partial charge on any atom is -0.508 e. The maximum absolute atomic E-state index is 9.45. The lowest BCUT2D eigenvalue weighted by molar-refractivity contribution is 0.303. The Balaban J connectivity index is 2.07.